The molecule has 2 heterocycles. The maximum atomic E-state index is 11.9. The lowest BCUT2D eigenvalue weighted by atomic mass is 10.4. The second-order valence-electron chi connectivity index (χ2n) is 4.37. The van der Waals surface area contributed by atoms with Crippen LogP contribution in [0.15, 0.2) is 17.1 Å². The van der Waals surface area contributed by atoms with Crippen molar-refractivity contribution < 1.29 is 4.74 Å². The van der Waals surface area contributed by atoms with Gasteiger partial charge in [-0.25, -0.2) is 4.68 Å². The summed E-state index contributed by atoms with van der Waals surface area (Å²) in [7, 11) is 0. The Bertz CT molecular complexity index is 426. The van der Waals surface area contributed by atoms with Gasteiger partial charge in [-0.2, -0.15) is 5.10 Å². The molecule has 1 fully saturated rings. The molecule has 18 heavy (non-hydrogen) atoms. The molecule has 2 N–H and O–H groups in total. The van der Waals surface area contributed by atoms with Gasteiger partial charge in [0.1, 0.15) is 0 Å². The van der Waals surface area contributed by atoms with Gasteiger partial charge in [0.25, 0.3) is 5.56 Å². The molecule has 1 saturated heterocycles. The molecule has 6 nitrogen and oxygen atoms in total. The van der Waals surface area contributed by atoms with Crippen molar-refractivity contribution in [3.63, 3.8) is 0 Å². The third kappa shape index (κ3) is 3.30. The number of nitrogens with two attached hydrogens (primary N) is 1. The van der Waals surface area contributed by atoms with E-state index in [1.54, 1.807) is 12.3 Å². The Labute approximate surface area is 106 Å². The molecule has 0 unspecified atom stereocenters. The van der Waals surface area contributed by atoms with E-state index in [1.165, 1.54) is 17.5 Å². The van der Waals surface area contributed by atoms with Crippen molar-refractivity contribution in [2.45, 2.75) is 19.4 Å². The Kier molecular flexibility index (Phi) is 4.72. The van der Waals surface area contributed by atoms with Crippen LogP contribution in [0.3, 0.4) is 0 Å². The van der Waals surface area contributed by atoms with Crippen molar-refractivity contribution >= 4 is 5.69 Å². The van der Waals surface area contributed by atoms with Crippen LogP contribution >= 0.6 is 0 Å². The molecule has 1 aromatic heterocycles. The van der Waals surface area contributed by atoms with Crippen LogP contribution in [0.4, 0.5) is 5.69 Å². The highest BCUT2D eigenvalue weighted by Gasteiger charge is 2.13. The van der Waals surface area contributed by atoms with E-state index in [9.17, 15) is 4.79 Å². The predicted molar refractivity (Wildman–Crippen MR) is 69.8 cm³/mol. The first-order chi connectivity index (χ1) is 8.81. The number of hydrogen-bond donors (Lipinski definition) is 1. The van der Waals surface area contributed by atoms with Crippen molar-refractivity contribution in [3.05, 3.63) is 22.6 Å². The monoisotopic (exact) mass is 252 g/mol. The fourth-order valence-corrected chi connectivity index (χ4v) is 2.08. The number of anilines is 1. The quantitative estimate of drug-likeness (QED) is 0.711. The third-order valence-electron chi connectivity index (χ3n) is 3.04. The minimum atomic E-state index is -0.0734. The van der Waals surface area contributed by atoms with Gasteiger partial charge in [-0.1, -0.05) is 0 Å². The van der Waals surface area contributed by atoms with Crippen LogP contribution in [0.1, 0.15) is 12.8 Å². The Balaban J connectivity index is 1.94. The largest absolute Gasteiger partial charge is 0.378 e. The normalized spacial score (nSPS) is 15.3. The smallest absolute Gasteiger partial charge is 0.268 e. The van der Waals surface area contributed by atoms with E-state index < -0.39 is 0 Å². The van der Waals surface area contributed by atoms with E-state index in [1.807, 2.05) is 0 Å². The van der Waals surface area contributed by atoms with E-state index in [0.29, 0.717) is 26.3 Å². The molecule has 0 amide bonds. The summed E-state index contributed by atoms with van der Waals surface area (Å²) < 4.78 is 6.66. The molecule has 0 saturated carbocycles. The first-order valence-electron chi connectivity index (χ1n) is 6.41. The molecule has 6 heteroatoms. The number of rotatable bonds is 6. The zero-order valence-corrected chi connectivity index (χ0v) is 10.5. The van der Waals surface area contributed by atoms with Crippen molar-refractivity contribution in [2.24, 2.45) is 5.73 Å². The number of ether oxygens (including phenoxy) is 1. The average molecular weight is 252 g/mol. The van der Waals surface area contributed by atoms with E-state index in [-0.39, 0.29) is 5.56 Å². The van der Waals surface area contributed by atoms with Gasteiger partial charge >= 0.3 is 0 Å². The minimum absolute atomic E-state index is 0.0734. The lowest BCUT2D eigenvalue weighted by molar-refractivity contribution is 0.129. The summed E-state index contributed by atoms with van der Waals surface area (Å²) in [6, 6.07) is 1.65. The summed E-state index contributed by atoms with van der Waals surface area (Å²) >= 11 is 0. The van der Waals surface area contributed by atoms with E-state index in [4.69, 9.17) is 10.5 Å². The highest BCUT2D eigenvalue weighted by Crippen LogP contribution is 2.16. The Morgan fingerprint density at radius 3 is 2.78 bits per heavy atom. The van der Waals surface area contributed by atoms with E-state index >= 15 is 0 Å². The standard InChI is InChI=1S/C12H20N4O2/c13-3-7-18-8-6-16-12(17)9-11(10-14-16)15-4-1-2-5-15/h9-10H,1-8,13H2. The summed E-state index contributed by atoms with van der Waals surface area (Å²) in [6.07, 6.45) is 4.14. The Hall–Kier alpha value is -1.40. The molecule has 0 atom stereocenters. The highest BCUT2D eigenvalue weighted by atomic mass is 16.5. The number of aromatic nitrogens is 2. The van der Waals surface area contributed by atoms with Crippen molar-refractivity contribution in [2.75, 3.05) is 37.7 Å². The molecule has 0 bridgehead atoms. The number of nitrogens with zero attached hydrogens (tertiary/aromatic N) is 3. The summed E-state index contributed by atoms with van der Waals surface area (Å²) in [5.74, 6) is 0. The number of hydrogen-bond acceptors (Lipinski definition) is 5. The highest BCUT2D eigenvalue weighted by molar-refractivity contribution is 5.43. The molecule has 100 valence electrons. The minimum Gasteiger partial charge on any atom is -0.378 e. The zero-order chi connectivity index (χ0) is 12.8. The van der Waals surface area contributed by atoms with Crippen LogP contribution in [0.2, 0.25) is 0 Å². The summed E-state index contributed by atoms with van der Waals surface area (Å²) in [4.78, 5) is 14.1. The van der Waals surface area contributed by atoms with Crippen LogP contribution in [-0.4, -0.2) is 42.6 Å². The Morgan fingerprint density at radius 2 is 2.11 bits per heavy atom. The molecule has 1 aromatic rings. The molecule has 0 spiro atoms. The second kappa shape index (κ2) is 6.51. The summed E-state index contributed by atoms with van der Waals surface area (Å²) in [6.45, 7) is 3.98. The van der Waals surface area contributed by atoms with Crippen molar-refractivity contribution in [1.82, 2.24) is 9.78 Å². The lowest BCUT2D eigenvalue weighted by Crippen LogP contribution is -2.27. The first kappa shape index (κ1) is 13.0. The lowest BCUT2D eigenvalue weighted by Gasteiger charge is -2.17. The van der Waals surface area contributed by atoms with Gasteiger partial charge in [0, 0.05) is 25.7 Å². The average Bonchev–Trinajstić information content (AvgIpc) is 2.90. The van der Waals surface area contributed by atoms with Gasteiger partial charge in [0.05, 0.1) is 31.6 Å². The van der Waals surface area contributed by atoms with E-state index in [0.717, 1.165) is 18.8 Å². The van der Waals surface area contributed by atoms with Crippen molar-refractivity contribution in [1.29, 1.82) is 0 Å². The molecule has 2 rings (SSSR count). The summed E-state index contributed by atoms with van der Waals surface area (Å²) in [5, 5.41) is 4.17. The van der Waals surface area contributed by atoms with E-state index in [2.05, 4.69) is 10.00 Å². The third-order valence-corrected chi connectivity index (χ3v) is 3.04. The summed E-state index contributed by atoms with van der Waals surface area (Å²) in [5.41, 5.74) is 6.17. The van der Waals surface area contributed by atoms with Crippen LogP contribution in [0.25, 0.3) is 0 Å². The molecular weight excluding hydrogens is 232 g/mol. The molecule has 0 aromatic carbocycles. The molecule has 1 aliphatic rings. The molecule has 0 aliphatic carbocycles. The van der Waals surface area contributed by atoms with Gasteiger partial charge < -0.3 is 15.4 Å². The molecular formula is C12H20N4O2. The maximum absolute atomic E-state index is 11.9. The van der Waals surface area contributed by atoms with Crippen LogP contribution in [0, 0.1) is 0 Å². The SMILES string of the molecule is NCCOCCn1ncc(N2CCCC2)cc1=O. The van der Waals surface area contributed by atoms with Gasteiger partial charge in [-0.05, 0) is 12.8 Å². The predicted octanol–water partition coefficient (Wildman–Crippen LogP) is -0.181. The fourth-order valence-electron chi connectivity index (χ4n) is 2.08. The van der Waals surface area contributed by atoms with Gasteiger partial charge in [0.15, 0.2) is 0 Å². The van der Waals surface area contributed by atoms with Gasteiger partial charge in [0.2, 0.25) is 0 Å². The first-order valence-corrected chi connectivity index (χ1v) is 6.41. The zero-order valence-electron chi connectivity index (χ0n) is 10.5. The van der Waals surface area contributed by atoms with Crippen molar-refractivity contribution in [3.8, 4) is 0 Å². The van der Waals surface area contributed by atoms with Crippen LogP contribution in [-0.2, 0) is 11.3 Å². The van der Waals surface area contributed by atoms with Gasteiger partial charge in [-0.3, -0.25) is 4.79 Å². The molecule has 0 radical (unpaired) electrons. The fraction of sp³-hybridized carbons (Fsp3) is 0.667. The maximum Gasteiger partial charge on any atom is 0.268 e. The second-order valence-corrected chi connectivity index (χ2v) is 4.37. The molecule has 1 aliphatic heterocycles. The van der Waals surface area contributed by atoms with Crippen LogP contribution < -0.4 is 16.2 Å². The topological polar surface area (TPSA) is 73.4 Å². The Morgan fingerprint density at radius 1 is 1.33 bits per heavy atom. The van der Waals surface area contributed by atoms with Gasteiger partial charge in [-0.15, -0.1) is 0 Å². The van der Waals surface area contributed by atoms with Crippen LogP contribution in [0.5, 0.6) is 0 Å².